The van der Waals surface area contributed by atoms with E-state index in [9.17, 15) is 14.7 Å². The van der Waals surface area contributed by atoms with E-state index in [0.29, 0.717) is 0 Å². The Kier molecular flexibility index (Phi) is 5.65. The van der Waals surface area contributed by atoms with Crippen molar-refractivity contribution in [3.8, 4) is 0 Å². The molecule has 2 aliphatic rings. The second-order valence-electron chi connectivity index (χ2n) is 6.91. The number of carbonyl (C=O) groups is 2. The molecule has 132 valence electrons. The van der Waals surface area contributed by atoms with Crippen molar-refractivity contribution in [3.63, 3.8) is 0 Å². The van der Waals surface area contributed by atoms with Gasteiger partial charge in [0.2, 0.25) is 0 Å². The van der Waals surface area contributed by atoms with E-state index < -0.39 is 23.6 Å². The van der Waals surface area contributed by atoms with Gasteiger partial charge in [-0.2, -0.15) is 0 Å². The first-order valence-corrected chi connectivity index (χ1v) is 8.26. The third-order valence-corrected chi connectivity index (χ3v) is 4.68. The first-order chi connectivity index (χ1) is 11.3. The average molecular weight is 334 g/mol. The summed E-state index contributed by atoms with van der Waals surface area (Å²) in [5.74, 6) is -0.370. The molecule has 0 aromatic rings. The van der Waals surface area contributed by atoms with Crippen LogP contribution in [0.25, 0.3) is 0 Å². The normalized spacial score (nSPS) is 30.2. The number of hydrogen-bond donors (Lipinski definition) is 1. The summed E-state index contributed by atoms with van der Waals surface area (Å²) in [4.78, 5) is 24.5. The number of ether oxygens (including phenoxy) is 2. The largest absolute Gasteiger partial charge is 0.498 e. The van der Waals surface area contributed by atoms with Gasteiger partial charge in [0.1, 0.15) is 18.0 Å². The lowest BCUT2D eigenvalue weighted by molar-refractivity contribution is -0.140. The maximum absolute atomic E-state index is 12.6. The third-order valence-electron chi connectivity index (χ3n) is 4.68. The SMILES string of the molecule is COC1=CC(=O)C2(CC(=O)O[C@@H]2/C=C(\C)CCC=C(C)C)C[C@@H]1O. The van der Waals surface area contributed by atoms with Crippen molar-refractivity contribution in [1.82, 2.24) is 0 Å². The molecule has 0 radical (unpaired) electrons. The number of hydrogen-bond acceptors (Lipinski definition) is 5. The highest BCUT2D eigenvalue weighted by Gasteiger charge is 2.56. The van der Waals surface area contributed by atoms with Gasteiger partial charge in [-0.15, -0.1) is 0 Å². The van der Waals surface area contributed by atoms with Crippen LogP contribution in [-0.4, -0.2) is 36.2 Å². The Morgan fingerprint density at radius 1 is 1.42 bits per heavy atom. The van der Waals surface area contributed by atoms with Crippen LogP contribution in [0.2, 0.25) is 0 Å². The fourth-order valence-electron chi connectivity index (χ4n) is 3.30. The van der Waals surface area contributed by atoms with Crippen LogP contribution >= 0.6 is 0 Å². The van der Waals surface area contributed by atoms with Gasteiger partial charge in [-0.25, -0.2) is 0 Å². The van der Waals surface area contributed by atoms with Gasteiger partial charge in [-0.3, -0.25) is 9.59 Å². The van der Waals surface area contributed by atoms with Crippen molar-refractivity contribution in [3.05, 3.63) is 35.1 Å². The van der Waals surface area contributed by atoms with Gasteiger partial charge in [0.15, 0.2) is 5.78 Å². The van der Waals surface area contributed by atoms with Crippen LogP contribution < -0.4 is 0 Å². The van der Waals surface area contributed by atoms with Gasteiger partial charge in [-0.05, 0) is 46.1 Å². The highest BCUT2D eigenvalue weighted by Crippen LogP contribution is 2.46. The molecule has 1 aliphatic carbocycles. The van der Waals surface area contributed by atoms with Crippen LogP contribution in [-0.2, 0) is 19.1 Å². The van der Waals surface area contributed by atoms with Crippen molar-refractivity contribution < 1.29 is 24.2 Å². The van der Waals surface area contributed by atoms with Crippen molar-refractivity contribution in [2.75, 3.05) is 7.11 Å². The van der Waals surface area contributed by atoms with Crippen LogP contribution in [0.1, 0.15) is 46.5 Å². The predicted molar refractivity (Wildman–Crippen MR) is 90.1 cm³/mol. The number of aliphatic hydroxyl groups is 1. The minimum Gasteiger partial charge on any atom is -0.498 e. The molecule has 0 bridgehead atoms. The van der Waals surface area contributed by atoms with Crippen molar-refractivity contribution in [2.24, 2.45) is 5.41 Å². The summed E-state index contributed by atoms with van der Waals surface area (Å²) in [6.45, 7) is 6.07. The van der Waals surface area contributed by atoms with E-state index in [-0.39, 0.29) is 24.4 Å². The molecule has 1 saturated heterocycles. The van der Waals surface area contributed by atoms with Crippen LogP contribution in [0, 0.1) is 5.41 Å². The molecule has 1 N–H and O–H groups in total. The second kappa shape index (κ2) is 7.34. The lowest BCUT2D eigenvalue weighted by atomic mass is 9.69. The lowest BCUT2D eigenvalue weighted by Gasteiger charge is -2.34. The Morgan fingerprint density at radius 2 is 2.12 bits per heavy atom. The van der Waals surface area contributed by atoms with Crippen LogP contribution in [0.5, 0.6) is 0 Å². The Morgan fingerprint density at radius 3 is 2.75 bits per heavy atom. The Hall–Kier alpha value is -1.88. The van der Waals surface area contributed by atoms with E-state index in [1.165, 1.54) is 18.8 Å². The number of cyclic esters (lactones) is 1. The minimum atomic E-state index is -1.02. The van der Waals surface area contributed by atoms with Gasteiger partial charge in [0, 0.05) is 6.08 Å². The standard InChI is InChI=1S/C19H26O5/c1-12(2)6-5-7-13(3)8-17-19(11-18(22)24-17)10-14(20)15(23-4)9-16(19)21/h6,8-9,14,17,20H,5,7,10-11H2,1-4H3/b13-8+/t14-,17+,19?/m0/s1. The number of ketones is 1. The van der Waals surface area contributed by atoms with E-state index in [4.69, 9.17) is 9.47 Å². The zero-order valence-corrected chi connectivity index (χ0v) is 14.8. The molecule has 1 spiro atoms. The van der Waals surface area contributed by atoms with Crippen molar-refractivity contribution in [1.29, 1.82) is 0 Å². The Balaban J connectivity index is 2.23. The number of carbonyl (C=O) groups excluding carboxylic acids is 2. The van der Waals surface area contributed by atoms with Crippen LogP contribution in [0.15, 0.2) is 35.1 Å². The molecule has 3 atom stereocenters. The molecular weight excluding hydrogens is 308 g/mol. The highest BCUT2D eigenvalue weighted by atomic mass is 16.6. The maximum atomic E-state index is 12.6. The van der Waals surface area contributed by atoms with E-state index in [0.717, 1.165) is 18.4 Å². The van der Waals surface area contributed by atoms with Gasteiger partial charge in [0.05, 0.1) is 18.9 Å². The monoisotopic (exact) mass is 334 g/mol. The molecule has 24 heavy (non-hydrogen) atoms. The molecule has 1 fully saturated rings. The van der Waals surface area contributed by atoms with Crippen LogP contribution in [0.4, 0.5) is 0 Å². The third kappa shape index (κ3) is 3.78. The van der Waals surface area contributed by atoms with Crippen molar-refractivity contribution >= 4 is 11.8 Å². The highest BCUT2D eigenvalue weighted by molar-refractivity contribution is 6.00. The fourth-order valence-corrected chi connectivity index (χ4v) is 3.30. The van der Waals surface area contributed by atoms with E-state index in [1.54, 1.807) is 0 Å². The zero-order chi connectivity index (χ0) is 17.9. The van der Waals surface area contributed by atoms with Gasteiger partial charge >= 0.3 is 5.97 Å². The number of rotatable bonds is 5. The number of esters is 1. The quantitative estimate of drug-likeness (QED) is 0.618. The molecule has 1 heterocycles. The van der Waals surface area contributed by atoms with Gasteiger partial charge in [-0.1, -0.05) is 17.2 Å². The molecule has 0 aromatic carbocycles. The zero-order valence-electron chi connectivity index (χ0n) is 14.8. The Bertz CT molecular complexity index is 609. The molecule has 1 unspecified atom stereocenters. The summed E-state index contributed by atoms with van der Waals surface area (Å²) in [6.07, 6.45) is 5.66. The molecule has 0 aromatic heterocycles. The molecule has 5 nitrogen and oxygen atoms in total. The number of methoxy groups -OCH3 is 1. The molecule has 1 aliphatic heterocycles. The van der Waals surface area contributed by atoms with E-state index in [1.807, 2.05) is 13.0 Å². The molecule has 2 rings (SSSR count). The topological polar surface area (TPSA) is 72.8 Å². The number of aliphatic hydroxyl groups excluding tert-OH is 1. The number of allylic oxidation sites excluding steroid dienone is 4. The molecule has 0 amide bonds. The summed E-state index contributed by atoms with van der Waals surface area (Å²) in [5, 5.41) is 10.2. The van der Waals surface area contributed by atoms with Gasteiger partial charge < -0.3 is 14.6 Å². The first kappa shape index (κ1) is 18.5. The fraction of sp³-hybridized carbons (Fsp3) is 0.579. The molecular formula is C19H26O5. The second-order valence-corrected chi connectivity index (χ2v) is 6.91. The lowest BCUT2D eigenvalue weighted by Crippen LogP contribution is -2.44. The summed E-state index contributed by atoms with van der Waals surface area (Å²) >= 11 is 0. The summed E-state index contributed by atoms with van der Waals surface area (Å²) in [7, 11) is 1.42. The smallest absolute Gasteiger partial charge is 0.307 e. The first-order valence-electron chi connectivity index (χ1n) is 8.26. The maximum Gasteiger partial charge on any atom is 0.307 e. The minimum absolute atomic E-state index is 0.00119. The molecule has 0 saturated carbocycles. The average Bonchev–Trinajstić information content (AvgIpc) is 2.79. The Labute approximate surface area is 143 Å². The summed E-state index contributed by atoms with van der Waals surface area (Å²) < 4.78 is 10.4. The van der Waals surface area contributed by atoms with Crippen molar-refractivity contribution in [2.45, 2.75) is 58.7 Å². The van der Waals surface area contributed by atoms with E-state index >= 15 is 0 Å². The van der Waals surface area contributed by atoms with Crippen LogP contribution in [0.3, 0.4) is 0 Å². The van der Waals surface area contributed by atoms with E-state index in [2.05, 4.69) is 19.9 Å². The van der Waals surface area contributed by atoms with Gasteiger partial charge in [0.25, 0.3) is 0 Å². The predicted octanol–water partition coefficient (Wildman–Crippen LogP) is 2.85. The molecule has 5 heteroatoms. The summed E-state index contributed by atoms with van der Waals surface area (Å²) in [5.41, 5.74) is 1.31. The summed E-state index contributed by atoms with van der Waals surface area (Å²) in [6, 6.07) is 0.